The highest BCUT2D eigenvalue weighted by atomic mass is 16.3. The van der Waals surface area contributed by atoms with Crippen molar-refractivity contribution in [1.82, 2.24) is 4.90 Å². The Kier molecular flexibility index (Phi) is 4.11. The van der Waals surface area contributed by atoms with E-state index in [9.17, 15) is 5.11 Å². The van der Waals surface area contributed by atoms with Crippen molar-refractivity contribution in [3.05, 3.63) is 35.9 Å². The summed E-state index contributed by atoms with van der Waals surface area (Å²) in [5, 5.41) is 10.3. The zero-order chi connectivity index (χ0) is 12.3. The molecule has 16 heavy (non-hydrogen) atoms. The van der Waals surface area contributed by atoms with E-state index in [0.717, 1.165) is 5.56 Å². The van der Waals surface area contributed by atoms with E-state index in [0.29, 0.717) is 0 Å². The molecule has 0 fully saturated rings. The van der Waals surface area contributed by atoms with Crippen LogP contribution in [0.3, 0.4) is 0 Å². The molecule has 1 N–H and O–H groups in total. The molecule has 0 saturated heterocycles. The molecular weight excluding hydrogens is 198 g/mol. The molecule has 1 aromatic rings. The van der Waals surface area contributed by atoms with Crippen LogP contribution >= 0.6 is 0 Å². The third-order valence-corrected chi connectivity index (χ3v) is 3.27. The number of rotatable bonds is 3. The molecule has 0 spiro atoms. The molecule has 0 aromatic heterocycles. The first-order valence-corrected chi connectivity index (χ1v) is 5.80. The van der Waals surface area contributed by atoms with Crippen molar-refractivity contribution in [2.45, 2.75) is 45.4 Å². The number of hydrogen-bond acceptors (Lipinski definition) is 2. The van der Waals surface area contributed by atoms with E-state index >= 15 is 0 Å². The maximum absolute atomic E-state index is 10.3. The Labute approximate surface area is 98.9 Å². The minimum absolute atomic E-state index is 0.0647. The highest BCUT2D eigenvalue weighted by Crippen LogP contribution is 2.24. The van der Waals surface area contributed by atoms with Gasteiger partial charge in [0.1, 0.15) is 0 Å². The Bertz CT molecular complexity index is 315. The Morgan fingerprint density at radius 3 is 2.06 bits per heavy atom. The topological polar surface area (TPSA) is 23.5 Å². The number of aliphatic hydroxyl groups is 1. The lowest BCUT2D eigenvalue weighted by molar-refractivity contribution is 0.0254. The summed E-state index contributed by atoms with van der Waals surface area (Å²) < 4.78 is 0. The third kappa shape index (κ3) is 3.06. The second-order valence-corrected chi connectivity index (χ2v) is 5.38. The first-order chi connectivity index (χ1) is 7.34. The number of likely N-dealkylation sites (N-methyl/N-ethyl adjacent to an activating group) is 1. The van der Waals surface area contributed by atoms with Gasteiger partial charge in [0.15, 0.2) is 0 Å². The first kappa shape index (κ1) is 13.2. The SMILES string of the molecule is C[C@H]([C@@H](O)c1ccccc1)N(C)C(C)(C)C. The van der Waals surface area contributed by atoms with Gasteiger partial charge < -0.3 is 5.11 Å². The van der Waals surface area contributed by atoms with Crippen LogP contribution in [-0.2, 0) is 0 Å². The van der Waals surface area contributed by atoms with Gasteiger partial charge in [-0.15, -0.1) is 0 Å². The molecule has 0 radical (unpaired) electrons. The van der Waals surface area contributed by atoms with Crippen LogP contribution in [0, 0.1) is 0 Å². The van der Waals surface area contributed by atoms with Crippen LogP contribution in [0.2, 0.25) is 0 Å². The molecule has 0 aliphatic rings. The predicted molar refractivity (Wildman–Crippen MR) is 68.4 cm³/mol. The van der Waals surface area contributed by atoms with Gasteiger partial charge in [0, 0.05) is 11.6 Å². The van der Waals surface area contributed by atoms with E-state index in [1.165, 1.54) is 0 Å². The number of nitrogens with zero attached hydrogens (tertiary/aromatic N) is 1. The van der Waals surface area contributed by atoms with Crippen molar-refractivity contribution >= 4 is 0 Å². The van der Waals surface area contributed by atoms with Gasteiger partial charge in [-0.05, 0) is 40.3 Å². The van der Waals surface area contributed by atoms with E-state index in [1.54, 1.807) is 0 Å². The number of hydrogen-bond donors (Lipinski definition) is 1. The fourth-order valence-corrected chi connectivity index (χ4v) is 1.75. The average Bonchev–Trinajstić information content (AvgIpc) is 2.26. The Morgan fingerprint density at radius 1 is 1.12 bits per heavy atom. The largest absolute Gasteiger partial charge is 0.387 e. The Morgan fingerprint density at radius 2 is 1.62 bits per heavy atom. The van der Waals surface area contributed by atoms with Crippen molar-refractivity contribution in [2.75, 3.05) is 7.05 Å². The molecule has 2 nitrogen and oxygen atoms in total. The molecule has 0 aliphatic carbocycles. The Hall–Kier alpha value is -0.860. The van der Waals surface area contributed by atoms with Gasteiger partial charge in [-0.25, -0.2) is 0 Å². The number of aliphatic hydroxyl groups excluding tert-OH is 1. The summed E-state index contributed by atoms with van der Waals surface area (Å²) in [4.78, 5) is 2.20. The molecule has 0 amide bonds. The average molecular weight is 221 g/mol. The van der Waals surface area contributed by atoms with E-state index in [-0.39, 0.29) is 11.6 Å². The van der Waals surface area contributed by atoms with Crippen molar-refractivity contribution in [3.63, 3.8) is 0 Å². The van der Waals surface area contributed by atoms with Crippen LogP contribution in [0.15, 0.2) is 30.3 Å². The molecule has 0 bridgehead atoms. The summed E-state index contributed by atoms with van der Waals surface area (Å²) in [5.41, 5.74) is 1.04. The Balaban J connectivity index is 2.79. The fourth-order valence-electron chi connectivity index (χ4n) is 1.75. The second kappa shape index (κ2) is 4.98. The van der Waals surface area contributed by atoms with Gasteiger partial charge in [0.2, 0.25) is 0 Å². The monoisotopic (exact) mass is 221 g/mol. The fraction of sp³-hybridized carbons (Fsp3) is 0.571. The lowest BCUT2D eigenvalue weighted by Gasteiger charge is -2.39. The summed E-state index contributed by atoms with van der Waals surface area (Å²) in [6.45, 7) is 8.52. The molecule has 0 unspecified atom stereocenters. The lowest BCUT2D eigenvalue weighted by atomic mass is 9.98. The van der Waals surface area contributed by atoms with Crippen molar-refractivity contribution in [3.8, 4) is 0 Å². The number of benzene rings is 1. The molecule has 90 valence electrons. The standard InChI is InChI=1S/C14H23NO/c1-11(15(5)14(2,3)4)13(16)12-9-7-6-8-10-12/h6-11,13,16H,1-5H3/t11-,13-/m1/s1. The maximum atomic E-state index is 10.3. The molecule has 1 rings (SSSR count). The van der Waals surface area contributed by atoms with Crippen LogP contribution in [0.5, 0.6) is 0 Å². The summed E-state index contributed by atoms with van der Waals surface area (Å²) in [6, 6.07) is 9.93. The molecule has 2 atom stereocenters. The molecule has 0 saturated carbocycles. The van der Waals surface area contributed by atoms with Crippen molar-refractivity contribution < 1.29 is 5.11 Å². The molecule has 0 aliphatic heterocycles. The quantitative estimate of drug-likeness (QED) is 0.848. The van der Waals surface area contributed by atoms with Crippen LogP contribution < -0.4 is 0 Å². The minimum atomic E-state index is -0.439. The van der Waals surface area contributed by atoms with Crippen LogP contribution in [0.4, 0.5) is 0 Å². The first-order valence-electron chi connectivity index (χ1n) is 5.80. The zero-order valence-electron chi connectivity index (χ0n) is 10.9. The van der Waals surface area contributed by atoms with Gasteiger partial charge in [-0.3, -0.25) is 4.90 Å². The lowest BCUT2D eigenvalue weighted by Crippen LogP contribution is -2.46. The van der Waals surface area contributed by atoms with Gasteiger partial charge in [-0.2, -0.15) is 0 Å². The molecular formula is C14H23NO. The van der Waals surface area contributed by atoms with Crippen molar-refractivity contribution in [1.29, 1.82) is 0 Å². The molecule has 2 heteroatoms. The van der Waals surface area contributed by atoms with E-state index in [4.69, 9.17) is 0 Å². The maximum Gasteiger partial charge on any atom is 0.0942 e. The normalized spacial score (nSPS) is 16.2. The summed E-state index contributed by atoms with van der Waals surface area (Å²) >= 11 is 0. The second-order valence-electron chi connectivity index (χ2n) is 5.38. The van der Waals surface area contributed by atoms with Gasteiger partial charge in [0.25, 0.3) is 0 Å². The highest BCUT2D eigenvalue weighted by molar-refractivity contribution is 5.18. The molecule has 1 aromatic carbocycles. The highest BCUT2D eigenvalue weighted by Gasteiger charge is 2.27. The zero-order valence-corrected chi connectivity index (χ0v) is 10.9. The third-order valence-electron chi connectivity index (χ3n) is 3.27. The van der Waals surface area contributed by atoms with Gasteiger partial charge >= 0.3 is 0 Å². The predicted octanol–water partition coefficient (Wildman–Crippen LogP) is 2.84. The van der Waals surface area contributed by atoms with Crippen molar-refractivity contribution in [2.24, 2.45) is 0 Å². The van der Waals surface area contributed by atoms with Gasteiger partial charge in [-0.1, -0.05) is 30.3 Å². The molecule has 0 heterocycles. The summed E-state index contributed by atoms with van der Waals surface area (Å²) in [7, 11) is 2.05. The van der Waals surface area contributed by atoms with E-state index < -0.39 is 6.10 Å². The minimum Gasteiger partial charge on any atom is -0.387 e. The summed E-state index contributed by atoms with van der Waals surface area (Å²) in [5.74, 6) is 0. The van der Waals surface area contributed by atoms with Gasteiger partial charge in [0.05, 0.1) is 6.10 Å². The summed E-state index contributed by atoms with van der Waals surface area (Å²) in [6.07, 6.45) is -0.439. The van der Waals surface area contributed by atoms with E-state index in [2.05, 4.69) is 39.6 Å². The van der Waals surface area contributed by atoms with Crippen LogP contribution in [0.1, 0.15) is 39.4 Å². The van der Waals surface area contributed by atoms with E-state index in [1.807, 2.05) is 30.3 Å². The van der Waals surface area contributed by atoms with Crippen LogP contribution in [-0.4, -0.2) is 28.6 Å². The smallest absolute Gasteiger partial charge is 0.0942 e. The van der Waals surface area contributed by atoms with Crippen LogP contribution in [0.25, 0.3) is 0 Å².